The van der Waals surface area contributed by atoms with Crippen LogP contribution in [0.4, 0.5) is 11.5 Å². The Morgan fingerprint density at radius 2 is 1.81 bits per heavy atom. The van der Waals surface area contributed by atoms with Crippen molar-refractivity contribution in [3.63, 3.8) is 0 Å². The van der Waals surface area contributed by atoms with Crippen LogP contribution in [0.15, 0.2) is 69.2 Å². The third kappa shape index (κ3) is 2.68. The normalized spacial score (nSPS) is 13.0. The van der Waals surface area contributed by atoms with Gasteiger partial charge < -0.3 is 0 Å². The van der Waals surface area contributed by atoms with Crippen LogP contribution in [0.25, 0.3) is 5.69 Å². The molecule has 130 valence electrons. The Bertz CT molecular complexity index is 1130. The number of H-pyrrole nitrogens is 1. The summed E-state index contributed by atoms with van der Waals surface area (Å²) >= 11 is 6.05. The fourth-order valence-corrected chi connectivity index (χ4v) is 2.98. The molecule has 8 heteroatoms. The van der Waals surface area contributed by atoms with Crippen molar-refractivity contribution in [3.8, 4) is 5.69 Å². The molecule has 0 fully saturated rings. The van der Waals surface area contributed by atoms with Crippen LogP contribution >= 0.6 is 11.6 Å². The van der Waals surface area contributed by atoms with E-state index < -0.39 is 11.2 Å². The zero-order valence-electron chi connectivity index (χ0n) is 13.7. The first-order chi connectivity index (χ1) is 12.5. The Kier molecular flexibility index (Phi) is 3.85. The summed E-state index contributed by atoms with van der Waals surface area (Å²) in [4.78, 5) is 32.6. The van der Waals surface area contributed by atoms with Crippen molar-refractivity contribution in [1.82, 2.24) is 15.0 Å². The molecular formula is C18H14ClN5O2. The number of aliphatic imine (C=N–C) groups is 1. The number of fused-ring (bicyclic) bond motifs is 1. The van der Waals surface area contributed by atoms with Gasteiger partial charge in [-0.1, -0.05) is 41.9 Å². The van der Waals surface area contributed by atoms with Gasteiger partial charge in [0.05, 0.1) is 5.69 Å². The lowest BCUT2D eigenvalue weighted by atomic mass is 10.2. The van der Waals surface area contributed by atoms with E-state index in [1.165, 1.54) is 0 Å². The van der Waals surface area contributed by atoms with E-state index in [1.807, 2.05) is 12.1 Å². The van der Waals surface area contributed by atoms with Gasteiger partial charge in [0.25, 0.3) is 5.56 Å². The van der Waals surface area contributed by atoms with Crippen molar-refractivity contribution in [2.75, 3.05) is 12.1 Å². The largest absolute Gasteiger partial charge is 0.334 e. The fourth-order valence-electron chi connectivity index (χ4n) is 2.79. The lowest BCUT2D eigenvalue weighted by Crippen LogP contribution is -2.46. The zero-order chi connectivity index (χ0) is 18.3. The lowest BCUT2D eigenvalue weighted by molar-refractivity contribution is 0.793. The summed E-state index contributed by atoms with van der Waals surface area (Å²) in [5.74, 6) is 0.768. The van der Waals surface area contributed by atoms with Crippen LogP contribution < -0.4 is 21.7 Å². The van der Waals surface area contributed by atoms with Gasteiger partial charge in [0.15, 0.2) is 17.3 Å². The molecule has 2 aromatic carbocycles. The van der Waals surface area contributed by atoms with Gasteiger partial charge in [0.2, 0.25) is 0 Å². The van der Waals surface area contributed by atoms with Crippen LogP contribution in [0.1, 0.15) is 5.56 Å². The predicted octanol–water partition coefficient (Wildman–Crippen LogP) is 2.21. The molecule has 0 amide bonds. The first-order valence-electron chi connectivity index (χ1n) is 7.84. The third-order valence-corrected chi connectivity index (χ3v) is 4.24. The standard InChI is InChI=1S/C18H14ClN5O2/c1-23-16-14(20-15(22-23)11-6-5-7-12(19)10-11)17(25)24(18(26)21-16)13-8-3-2-4-9-13/h2-10H,1H3,(H,20,22)(H,21,26). The molecule has 0 saturated heterocycles. The third-order valence-electron chi connectivity index (χ3n) is 4.00. The van der Waals surface area contributed by atoms with Gasteiger partial charge in [-0.3, -0.25) is 20.2 Å². The predicted molar refractivity (Wildman–Crippen MR) is 102 cm³/mol. The molecule has 26 heavy (non-hydrogen) atoms. The summed E-state index contributed by atoms with van der Waals surface area (Å²) in [6.07, 6.45) is 0. The molecule has 0 unspecified atom stereocenters. The van der Waals surface area contributed by atoms with Gasteiger partial charge in [-0.2, -0.15) is 0 Å². The number of nitrogens with zero attached hydrogens (tertiary/aromatic N) is 3. The van der Waals surface area contributed by atoms with Gasteiger partial charge in [0, 0.05) is 17.6 Å². The highest BCUT2D eigenvalue weighted by Crippen LogP contribution is 2.24. The van der Waals surface area contributed by atoms with Crippen LogP contribution in [0.3, 0.4) is 0 Å². The first-order valence-corrected chi connectivity index (χ1v) is 8.22. The molecule has 0 aliphatic carbocycles. The Hall–Kier alpha value is -3.32. The maximum atomic E-state index is 13.0. The number of rotatable bonds is 2. The average Bonchev–Trinajstić information content (AvgIpc) is 2.63. The zero-order valence-corrected chi connectivity index (χ0v) is 14.5. The van der Waals surface area contributed by atoms with E-state index in [1.54, 1.807) is 54.5 Å². The Morgan fingerprint density at radius 1 is 1.04 bits per heavy atom. The minimum Gasteiger partial charge on any atom is -0.290 e. The van der Waals surface area contributed by atoms with Gasteiger partial charge >= 0.3 is 5.69 Å². The highest BCUT2D eigenvalue weighted by Gasteiger charge is 2.23. The number of halogens is 1. The second kappa shape index (κ2) is 6.20. The second-order valence-corrected chi connectivity index (χ2v) is 6.18. The quantitative estimate of drug-likeness (QED) is 0.727. The smallest absolute Gasteiger partial charge is 0.290 e. The minimum absolute atomic E-state index is 0.143. The first kappa shape index (κ1) is 16.2. The number of hydrazine groups is 1. The molecule has 1 aromatic heterocycles. The molecule has 7 nitrogen and oxygen atoms in total. The number of hydrogen-bond acceptors (Lipinski definition) is 5. The van der Waals surface area contributed by atoms with Gasteiger partial charge in [-0.25, -0.2) is 14.4 Å². The van der Waals surface area contributed by atoms with Crippen LogP contribution in [-0.4, -0.2) is 22.4 Å². The summed E-state index contributed by atoms with van der Waals surface area (Å²) in [7, 11) is 1.69. The van der Waals surface area contributed by atoms with Crippen LogP contribution in [-0.2, 0) is 0 Å². The molecule has 0 radical (unpaired) electrons. The van der Waals surface area contributed by atoms with Gasteiger partial charge in [0.1, 0.15) is 0 Å². The summed E-state index contributed by atoms with van der Waals surface area (Å²) in [5.41, 5.74) is 3.35. The van der Waals surface area contributed by atoms with Crippen molar-refractivity contribution < 1.29 is 0 Å². The van der Waals surface area contributed by atoms with E-state index in [9.17, 15) is 9.59 Å². The van der Waals surface area contributed by atoms with Gasteiger partial charge in [-0.15, -0.1) is 0 Å². The van der Waals surface area contributed by atoms with Crippen LogP contribution in [0.2, 0.25) is 5.02 Å². The van der Waals surface area contributed by atoms with E-state index in [-0.39, 0.29) is 5.69 Å². The number of anilines is 1. The molecule has 2 N–H and O–H groups in total. The van der Waals surface area contributed by atoms with Crippen molar-refractivity contribution in [2.24, 2.45) is 4.99 Å². The Morgan fingerprint density at radius 3 is 2.54 bits per heavy atom. The molecule has 4 rings (SSSR count). The number of hydrogen-bond donors (Lipinski definition) is 2. The van der Waals surface area contributed by atoms with E-state index >= 15 is 0 Å². The van der Waals surface area contributed by atoms with E-state index in [4.69, 9.17) is 11.6 Å². The number of aromatic nitrogens is 2. The van der Waals surface area contributed by atoms with Crippen molar-refractivity contribution in [2.45, 2.75) is 0 Å². The lowest BCUT2D eigenvalue weighted by Gasteiger charge is -2.27. The number of nitrogens with one attached hydrogen (secondary N) is 2. The molecule has 0 bridgehead atoms. The monoisotopic (exact) mass is 367 g/mol. The molecule has 3 aromatic rings. The van der Waals surface area contributed by atoms with Crippen molar-refractivity contribution >= 4 is 28.9 Å². The SMILES string of the molecule is CN1NC(c2cccc(Cl)c2)=Nc2c1[nH]c(=O)n(-c1ccccc1)c2=O. The average molecular weight is 368 g/mol. The number of benzene rings is 2. The van der Waals surface area contributed by atoms with Gasteiger partial charge in [-0.05, 0) is 24.3 Å². The van der Waals surface area contributed by atoms with Crippen molar-refractivity contribution in [3.05, 3.63) is 86.0 Å². The number of amidine groups is 1. The molecule has 0 atom stereocenters. The van der Waals surface area contributed by atoms with Crippen LogP contribution in [0.5, 0.6) is 0 Å². The maximum absolute atomic E-state index is 13.0. The second-order valence-electron chi connectivity index (χ2n) is 5.75. The van der Waals surface area contributed by atoms with Crippen LogP contribution in [0, 0.1) is 0 Å². The van der Waals surface area contributed by atoms with Crippen molar-refractivity contribution in [1.29, 1.82) is 0 Å². The minimum atomic E-state index is -0.532. The summed E-state index contributed by atoms with van der Waals surface area (Å²) < 4.78 is 1.07. The highest BCUT2D eigenvalue weighted by molar-refractivity contribution is 6.31. The Labute approximate surface area is 153 Å². The number of aromatic amines is 1. The fraction of sp³-hybridized carbons (Fsp3) is 0.0556. The summed E-state index contributed by atoms with van der Waals surface area (Å²) in [6.45, 7) is 0. The topological polar surface area (TPSA) is 82.5 Å². The summed E-state index contributed by atoms with van der Waals surface area (Å²) in [6, 6.07) is 15.8. The van der Waals surface area contributed by atoms with E-state index in [2.05, 4.69) is 15.4 Å². The summed E-state index contributed by atoms with van der Waals surface area (Å²) in [5, 5.41) is 2.11. The molecule has 0 spiro atoms. The molecule has 0 saturated carbocycles. The molecule has 2 heterocycles. The highest BCUT2D eigenvalue weighted by atomic mass is 35.5. The molecule has 1 aliphatic rings. The number of para-hydroxylation sites is 1. The molecule has 1 aliphatic heterocycles. The van der Waals surface area contributed by atoms with E-state index in [0.29, 0.717) is 22.4 Å². The maximum Gasteiger partial charge on any atom is 0.334 e. The molecular weight excluding hydrogens is 354 g/mol. The van der Waals surface area contributed by atoms with E-state index in [0.717, 1.165) is 10.1 Å². The Balaban J connectivity index is 1.95.